The minimum absolute atomic E-state index is 0.659. The van der Waals surface area contributed by atoms with Crippen molar-refractivity contribution < 1.29 is 9.90 Å². The van der Waals surface area contributed by atoms with Crippen LogP contribution in [0, 0.1) is 0 Å². The third kappa shape index (κ3) is 3.19. The lowest BCUT2D eigenvalue weighted by Crippen LogP contribution is -2.05. The molecule has 0 aliphatic heterocycles. The van der Waals surface area contributed by atoms with E-state index >= 15 is 0 Å². The van der Waals surface area contributed by atoms with Crippen LogP contribution in [0.2, 0.25) is 0 Å². The molecule has 0 spiro atoms. The van der Waals surface area contributed by atoms with Crippen LogP contribution in [-0.4, -0.2) is 11.1 Å². The van der Waals surface area contributed by atoms with E-state index in [1.54, 1.807) is 0 Å². The molecule has 0 atom stereocenters. The fourth-order valence-corrected chi connectivity index (χ4v) is 2.44. The van der Waals surface area contributed by atoms with Crippen LogP contribution >= 0.6 is 0 Å². The Kier molecular flexibility index (Phi) is 3.97. The monoisotopic (exact) mass is 230 g/mol. The number of hydrogen-bond acceptors (Lipinski definition) is 1. The summed E-state index contributed by atoms with van der Waals surface area (Å²) < 4.78 is 0. The highest BCUT2D eigenvalue weighted by Crippen LogP contribution is 2.26. The molecule has 1 N–H and O–H groups in total. The number of carboxylic acids is 1. The van der Waals surface area contributed by atoms with Gasteiger partial charge in [-0.15, -0.1) is 0 Å². The van der Waals surface area contributed by atoms with Crippen molar-refractivity contribution in [2.24, 2.45) is 0 Å². The summed E-state index contributed by atoms with van der Waals surface area (Å²) in [7, 11) is 0. The molecule has 2 nitrogen and oxygen atoms in total. The molecule has 0 fully saturated rings. The highest BCUT2D eigenvalue weighted by atomic mass is 16.4. The van der Waals surface area contributed by atoms with Gasteiger partial charge in [-0.3, -0.25) is 0 Å². The molecule has 90 valence electrons. The van der Waals surface area contributed by atoms with E-state index in [-0.39, 0.29) is 0 Å². The Labute approximate surface area is 102 Å². The topological polar surface area (TPSA) is 37.3 Å². The standard InChI is InChI=1S/C15H18O2/c16-15(17)14-10-6-2-5-9-13(14)11-12-7-3-1-4-8-12/h1,3-4,7-8H,2,5-6,9-11H2,(H,16,17). The molecule has 1 aliphatic rings. The van der Waals surface area contributed by atoms with Crippen LogP contribution in [0.15, 0.2) is 41.5 Å². The lowest BCUT2D eigenvalue weighted by atomic mass is 9.96. The van der Waals surface area contributed by atoms with Gasteiger partial charge in [0.2, 0.25) is 0 Å². The maximum Gasteiger partial charge on any atom is 0.331 e. The van der Waals surface area contributed by atoms with Gasteiger partial charge in [-0.05, 0) is 37.7 Å². The maximum absolute atomic E-state index is 11.2. The first-order valence-electron chi connectivity index (χ1n) is 6.25. The lowest BCUT2D eigenvalue weighted by Gasteiger charge is -2.09. The number of hydrogen-bond donors (Lipinski definition) is 1. The zero-order valence-electron chi connectivity index (χ0n) is 9.98. The summed E-state index contributed by atoms with van der Waals surface area (Å²) >= 11 is 0. The summed E-state index contributed by atoms with van der Waals surface area (Å²) in [5.41, 5.74) is 3.00. The predicted molar refractivity (Wildman–Crippen MR) is 67.9 cm³/mol. The summed E-state index contributed by atoms with van der Waals surface area (Å²) in [4.78, 5) is 11.2. The Hall–Kier alpha value is -1.57. The molecule has 1 aromatic rings. The van der Waals surface area contributed by atoms with Crippen LogP contribution in [0.4, 0.5) is 0 Å². The Morgan fingerprint density at radius 1 is 1.06 bits per heavy atom. The highest BCUT2D eigenvalue weighted by molar-refractivity contribution is 5.87. The van der Waals surface area contributed by atoms with Gasteiger partial charge < -0.3 is 5.11 Å². The van der Waals surface area contributed by atoms with Crippen molar-refractivity contribution in [3.8, 4) is 0 Å². The molecule has 0 radical (unpaired) electrons. The van der Waals surface area contributed by atoms with Crippen LogP contribution in [0.1, 0.15) is 37.7 Å². The van der Waals surface area contributed by atoms with Crippen molar-refractivity contribution in [3.05, 3.63) is 47.0 Å². The third-order valence-electron chi connectivity index (χ3n) is 3.35. The fraction of sp³-hybridized carbons (Fsp3) is 0.400. The first kappa shape index (κ1) is 11.9. The van der Waals surface area contributed by atoms with Gasteiger partial charge in [0.1, 0.15) is 0 Å². The molecule has 0 heterocycles. The SMILES string of the molecule is O=C(O)C1=C(Cc2ccccc2)CCCCC1. The molecular formula is C15H18O2. The summed E-state index contributed by atoms with van der Waals surface area (Å²) in [5.74, 6) is -0.724. The second kappa shape index (κ2) is 5.67. The molecule has 0 saturated heterocycles. The normalized spacial score (nSPS) is 16.7. The molecule has 2 rings (SSSR count). The molecule has 0 bridgehead atoms. The third-order valence-corrected chi connectivity index (χ3v) is 3.35. The zero-order chi connectivity index (χ0) is 12.1. The van der Waals surface area contributed by atoms with Crippen LogP contribution in [0.25, 0.3) is 0 Å². The largest absolute Gasteiger partial charge is 0.478 e. The number of rotatable bonds is 3. The van der Waals surface area contributed by atoms with Crippen LogP contribution in [0.3, 0.4) is 0 Å². The molecule has 2 heteroatoms. The Morgan fingerprint density at radius 3 is 2.47 bits per heavy atom. The first-order chi connectivity index (χ1) is 8.27. The van der Waals surface area contributed by atoms with E-state index in [0.29, 0.717) is 5.57 Å². The molecule has 0 amide bonds. The first-order valence-corrected chi connectivity index (χ1v) is 6.25. The lowest BCUT2D eigenvalue weighted by molar-refractivity contribution is -0.132. The van der Waals surface area contributed by atoms with Crippen molar-refractivity contribution in [1.82, 2.24) is 0 Å². The van der Waals surface area contributed by atoms with E-state index in [4.69, 9.17) is 0 Å². The van der Waals surface area contributed by atoms with E-state index in [0.717, 1.165) is 44.1 Å². The number of carbonyl (C=O) groups is 1. The van der Waals surface area contributed by atoms with Gasteiger partial charge in [0.15, 0.2) is 0 Å². The second-order valence-electron chi connectivity index (χ2n) is 4.61. The summed E-state index contributed by atoms with van der Waals surface area (Å²) in [6, 6.07) is 10.1. The van der Waals surface area contributed by atoms with Gasteiger partial charge in [-0.25, -0.2) is 4.79 Å². The Balaban J connectivity index is 2.22. The van der Waals surface area contributed by atoms with E-state index in [1.807, 2.05) is 18.2 Å². The van der Waals surface area contributed by atoms with Gasteiger partial charge in [0, 0.05) is 5.57 Å². The number of benzene rings is 1. The smallest absolute Gasteiger partial charge is 0.331 e. The zero-order valence-corrected chi connectivity index (χ0v) is 9.98. The predicted octanol–water partition coefficient (Wildman–Crippen LogP) is 3.57. The molecule has 1 aliphatic carbocycles. The molecule has 0 aromatic heterocycles. The van der Waals surface area contributed by atoms with E-state index < -0.39 is 5.97 Å². The summed E-state index contributed by atoms with van der Waals surface area (Å²) in [5, 5.41) is 9.25. The average Bonchev–Trinajstić information content (AvgIpc) is 2.56. The molecule has 0 unspecified atom stereocenters. The molecule has 17 heavy (non-hydrogen) atoms. The minimum Gasteiger partial charge on any atom is -0.478 e. The van der Waals surface area contributed by atoms with Gasteiger partial charge in [0.05, 0.1) is 0 Å². The summed E-state index contributed by atoms with van der Waals surface area (Å²) in [6.07, 6.45) is 5.75. The number of carboxylic acid groups (broad SMARTS) is 1. The second-order valence-corrected chi connectivity index (χ2v) is 4.61. The number of aliphatic carboxylic acids is 1. The van der Waals surface area contributed by atoms with Crippen LogP contribution in [0.5, 0.6) is 0 Å². The van der Waals surface area contributed by atoms with Gasteiger partial charge in [-0.2, -0.15) is 0 Å². The van der Waals surface area contributed by atoms with E-state index in [1.165, 1.54) is 5.56 Å². The van der Waals surface area contributed by atoms with E-state index in [2.05, 4.69) is 12.1 Å². The summed E-state index contributed by atoms with van der Waals surface area (Å²) in [6.45, 7) is 0. The van der Waals surface area contributed by atoms with Crippen molar-refractivity contribution in [1.29, 1.82) is 0 Å². The van der Waals surface area contributed by atoms with Gasteiger partial charge in [-0.1, -0.05) is 42.3 Å². The quantitative estimate of drug-likeness (QED) is 0.861. The van der Waals surface area contributed by atoms with Crippen molar-refractivity contribution >= 4 is 5.97 Å². The van der Waals surface area contributed by atoms with Crippen molar-refractivity contribution in [2.75, 3.05) is 0 Å². The molecular weight excluding hydrogens is 212 g/mol. The van der Waals surface area contributed by atoms with Gasteiger partial charge in [0.25, 0.3) is 0 Å². The van der Waals surface area contributed by atoms with Crippen molar-refractivity contribution in [2.45, 2.75) is 38.5 Å². The van der Waals surface area contributed by atoms with Crippen molar-refractivity contribution in [3.63, 3.8) is 0 Å². The Morgan fingerprint density at radius 2 is 1.76 bits per heavy atom. The average molecular weight is 230 g/mol. The maximum atomic E-state index is 11.2. The van der Waals surface area contributed by atoms with Crippen LogP contribution < -0.4 is 0 Å². The molecule has 1 aromatic carbocycles. The van der Waals surface area contributed by atoms with E-state index in [9.17, 15) is 9.90 Å². The highest BCUT2D eigenvalue weighted by Gasteiger charge is 2.17. The molecule has 0 saturated carbocycles. The number of allylic oxidation sites excluding steroid dienone is 1. The fourth-order valence-electron chi connectivity index (χ4n) is 2.44. The van der Waals surface area contributed by atoms with Crippen LogP contribution in [-0.2, 0) is 11.2 Å². The minimum atomic E-state index is -0.724. The Bertz CT molecular complexity index is 418. The van der Waals surface area contributed by atoms with Gasteiger partial charge >= 0.3 is 5.97 Å².